The van der Waals surface area contributed by atoms with Crippen LogP contribution >= 0.6 is 7.60 Å². The molecular formula is C16H28KN4O9P. The molecule has 0 amide bonds. The average molecular weight is 490 g/mol. The molecule has 1 rings (SSSR count). The summed E-state index contributed by atoms with van der Waals surface area (Å²) in [5.41, 5.74) is 0.555. The predicted octanol–water partition coefficient (Wildman–Crippen LogP) is -0.367. The molecule has 0 radical (unpaired) electrons. The molecule has 0 spiro atoms. The molecule has 0 heterocycles. The maximum absolute atomic E-state index is 11.3. The molecule has 0 aliphatic heterocycles. The van der Waals surface area contributed by atoms with Crippen LogP contribution in [0.5, 0.6) is 0 Å². The van der Waals surface area contributed by atoms with Crippen LogP contribution in [-0.2, 0) is 9.36 Å². The van der Waals surface area contributed by atoms with Gasteiger partial charge in [-0.3, -0.25) is 34.9 Å². The van der Waals surface area contributed by atoms with E-state index in [2.05, 4.69) is 10.6 Å². The van der Waals surface area contributed by atoms with Gasteiger partial charge in [0, 0.05) is 17.7 Å². The van der Waals surface area contributed by atoms with Crippen LogP contribution < -0.4 is 62.0 Å². The molecule has 0 aromatic heterocycles. The minimum atomic E-state index is -4.10. The van der Waals surface area contributed by atoms with Crippen molar-refractivity contribution < 1.29 is 86.9 Å². The Labute approximate surface area is 223 Å². The number of carbonyl (C=O) groups is 1. The van der Waals surface area contributed by atoms with Crippen molar-refractivity contribution in [1.82, 2.24) is 5.32 Å². The molecule has 1 aromatic carbocycles. The number of benzene rings is 1. The first kappa shape index (κ1) is 32.2. The van der Waals surface area contributed by atoms with E-state index in [-0.39, 0.29) is 75.9 Å². The maximum atomic E-state index is 11.3. The predicted molar refractivity (Wildman–Crippen MR) is 111 cm³/mol. The Morgan fingerprint density at radius 1 is 1.19 bits per heavy atom. The quantitative estimate of drug-likeness (QED) is 0.124. The van der Waals surface area contributed by atoms with E-state index in [1.54, 1.807) is 13.8 Å². The summed E-state index contributed by atoms with van der Waals surface area (Å²) in [4.78, 5) is 47.4. The van der Waals surface area contributed by atoms with E-state index >= 15 is 0 Å². The molecule has 13 nitrogen and oxygen atoms in total. The normalized spacial score (nSPS) is 10.5. The van der Waals surface area contributed by atoms with Gasteiger partial charge in [0.25, 0.3) is 5.69 Å². The molecule has 0 bridgehead atoms. The van der Waals surface area contributed by atoms with Crippen LogP contribution in [0.1, 0.15) is 39.2 Å². The Balaban J connectivity index is -0.000000602. The van der Waals surface area contributed by atoms with Gasteiger partial charge in [-0.1, -0.05) is 13.8 Å². The van der Waals surface area contributed by atoms with E-state index in [0.717, 1.165) is 12.8 Å². The van der Waals surface area contributed by atoms with Gasteiger partial charge < -0.3 is 21.6 Å². The van der Waals surface area contributed by atoms with Gasteiger partial charge in [-0.05, 0) is 32.3 Å². The SMILES string of the molecule is CCC(CC)Nc1c([N+](=O)[O-])cc(C)c(C)c1[N+](=O)[O-].O=C(O)CNCP(=O)(O)O.[H-].[K+]. The Bertz CT molecular complexity index is 834. The largest absolute Gasteiger partial charge is 1.00 e. The van der Waals surface area contributed by atoms with Crippen molar-refractivity contribution in [2.45, 2.75) is 46.6 Å². The number of nitro groups is 2. The minimum Gasteiger partial charge on any atom is -1.00 e. The number of aryl methyl sites for hydroxylation is 1. The summed E-state index contributed by atoms with van der Waals surface area (Å²) in [6.07, 6.45) is 0.870. The third-order valence-electron chi connectivity index (χ3n) is 4.10. The molecule has 0 aliphatic carbocycles. The summed E-state index contributed by atoms with van der Waals surface area (Å²) in [7, 11) is -4.10. The van der Waals surface area contributed by atoms with Gasteiger partial charge in [0.2, 0.25) is 0 Å². The number of nitrogens with zero attached hydrogens (tertiary/aromatic N) is 2. The van der Waals surface area contributed by atoms with Gasteiger partial charge in [0.05, 0.1) is 22.7 Å². The van der Waals surface area contributed by atoms with Crippen molar-refractivity contribution in [1.29, 1.82) is 0 Å². The number of carboxylic acid groups (broad SMARTS) is 1. The molecule has 15 heteroatoms. The zero-order chi connectivity index (χ0) is 23.6. The molecule has 172 valence electrons. The number of carboxylic acids is 1. The monoisotopic (exact) mass is 490 g/mol. The van der Waals surface area contributed by atoms with Crippen LogP contribution in [0, 0.1) is 34.1 Å². The van der Waals surface area contributed by atoms with Crippen molar-refractivity contribution in [2.75, 3.05) is 18.1 Å². The van der Waals surface area contributed by atoms with Crippen molar-refractivity contribution in [3.63, 3.8) is 0 Å². The third-order valence-corrected chi connectivity index (χ3v) is 4.74. The summed E-state index contributed by atoms with van der Waals surface area (Å²) in [6, 6.07) is 1.35. The number of hydrogen-bond acceptors (Lipinski definition) is 8. The number of aliphatic carboxylic acids is 1. The first-order valence-electron chi connectivity index (χ1n) is 8.91. The van der Waals surface area contributed by atoms with Crippen LogP contribution in [0.3, 0.4) is 0 Å². The zero-order valence-electron chi connectivity index (χ0n) is 19.1. The Kier molecular flexibility index (Phi) is 15.6. The van der Waals surface area contributed by atoms with E-state index in [0.29, 0.717) is 11.1 Å². The smallest absolute Gasteiger partial charge is 1.00 e. The van der Waals surface area contributed by atoms with E-state index in [1.165, 1.54) is 6.07 Å². The maximum Gasteiger partial charge on any atom is 1.00 e. The fraction of sp³-hybridized carbons (Fsp3) is 0.562. The van der Waals surface area contributed by atoms with E-state index < -0.39 is 36.2 Å². The Morgan fingerprint density at radius 2 is 1.71 bits per heavy atom. The van der Waals surface area contributed by atoms with Crippen molar-refractivity contribution in [3.05, 3.63) is 37.4 Å². The summed E-state index contributed by atoms with van der Waals surface area (Å²) >= 11 is 0. The van der Waals surface area contributed by atoms with Gasteiger partial charge >= 0.3 is 70.6 Å². The number of nitrogens with one attached hydrogen (secondary N) is 2. The summed E-state index contributed by atoms with van der Waals surface area (Å²) in [5, 5.41) is 35.5. The van der Waals surface area contributed by atoms with Crippen LogP contribution in [0.2, 0.25) is 0 Å². The van der Waals surface area contributed by atoms with Crippen LogP contribution in [0.15, 0.2) is 6.07 Å². The number of anilines is 1. The van der Waals surface area contributed by atoms with E-state index in [9.17, 15) is 29.6 Å². The summed E-state index contributed by atoms with van der Waals surface area (Å²) < 4.78 is 10.1. The number of nitro benzene ring substituents is 2. The fourth-order valence-corrected chi connectivity index (χ4v) is 2.80. The topological polar surface area (TPSA) is 205 Å². The minimum absolute atomic E-state index is 0. The molecule has 0 unspecified atom stereocenters. The first-order valence-corrected chi connectivity index (χ1v) is 10.7. The second-order valence-electron chi connectivity index (χ2n) is 6.38. The van der Waals surface area contributed by atoms with Crippen molar-refractivity contribution >= 4 is 30.6 Å². The molecule has 0 fully saturated rings. The molecular weight excluding hydrogens is 462 g/mol. The zero-order valence-corrected chi connectivity index (χ0v) is 22.1. The van der Waals surface area contributed by atoms with Gasteiger partial charge in [0.15, 0.2) is 5.69 Å². The summed E-state index contributed by atoms with van der Waals surface area (Å²) in [5.74, 6) is -1.14. The molecule has 5 N–H and O–H groups in total. The molecule has 0 aliphatic rings. The Morgan fingerprint density at radius 3 is 2.06 bits per heavy atom. The van der Waals surface area contributed by atoms with Crippen LogP contribution in [0.25, 0.3) is 0 Å². The summed E-state index contributed by atoms with van der Waals surface area (Å²) in [6.45, 7) is 6.66. The Hall–Kier alpha value is -0.964. The second-order valence-corrected chi connectivity index (χ2v) is 8.02. The standard InChI is InChI=1S/C13H19N3O4.C3H8NO5P.K.H/c1-5-10(6-2)14-12-11(15(17)18)7-8(3)9(4)13(12)16(19)20;5-3(6)1-4-2-10(7,8)9;;/h7,10,14H,5-6H2,1-4H3;4H,1-2H2,(H,5,6)(H2,7,8,9);;/q;;+1;-1. The molecule has 31 heavy (non-hydrogen) atoms. The van der Waals surface area contributed by atoms with Gasteiger partial charge in [-0.2, -0.15) is 0 Å². The average Bonchev–Trinajstić information content (AvgIpc) is 2.60. The van der Waals surface area contributed by atoms with Gasteiger partial charge in [0.1, 0.15) is 0 Å². The van der Waals surface area contributed by atoms with E-state index in [1.807, 2.05) is 13.8 Å². The fourth-order valence-electron chi connectivity index (χ4n) is 2.40. The number of rotatable bonds is 10. The first-order chi connectivity index (χ1) is 13.7. The second kappa shape index (κ2) is 15.0. The molecule has 0 atom stereocenters. The van der Waals surface area contributed by atoms with E-state index in [4.69, 9.17) is 14.9 Å². The molecule has 0 saturated heterocycles. The van der Waals surface area contributed by atoms with Gasteiger partial charge in [-0.15, -0.1) is 0 Å². The van der Waals surface area contributed by atoms with Crippen LogP contribution in [-0.4, -0.2) is 49.6 Å². The van der Waals surface area contributed by atoms with Crippen molar-refractivity contribution in [2.24, 2.45) is 0 Å². The van der Waals surface area contributed by atoms with Crippen LogP contribution in [0.4, 0.5) is 17.1 Å². The third kappa shape index (κ3) is 12.0. The number of hydrogen-bond donors (Lipinski definition) is 5. The van der Waals surface area contributed by atoms with Gasteiger partial charge in [-0.25, -0.2) is 0 Å². The molecule has 0 saturated carbocycles. The molecule has 1 aromatic rings. The van der Waals surface area contributed by atoms with Crippen molar-refractivity contribution in [3.8, 4) is 0 Å².